The van der Waals surface area contributed by atoms with Crippen molar-refractivity contribution in [2.75, 3.05) is 0 Å². The summed E-state index contributed by atoms with van der Waals surface area (Å²) in [5.41, 5.74) is 2.81. The Morgan fingerprint density at radius 3 is 2.14 bits per heavy atom. The number of hydrogen-bond donors (Lipinski definition) is 1. The van der Waals surface area contributed by atoms with E-state index in [0.29, 0.717) is 18.6 Å². The molecule has 2 saturated carbocycles. The lowest BCUT2D eigenvalue weighted by molar-refractivity contribution is -0.126. The summed E-state index contributed by atoms with van der Waals surface area (Å²) in [6.07, 6.45) is 7.19. The number of imide groups is 1. The fourth-order valence-electron chi connectivity index (χ4n) is 5.18. The van der Waals surface area contributed by atoms with Crippen LogP contribution in [0.4, 0.5) is 0 Å². The molecule has 21 heavy (non-hydrogen) atoms. The van der Waals surface area contributed by atoms with Gasteiger partial charge in [0, 0.05) is 12.8 Å². The number of ketones is 1. The Balaban J connectivity index is 1.82. The first-order chi connectivity index (χ1) is 10.2. The molecule has 4 atom stereocenters. The van der Waals surface area contributed by atoms with E-state index in [0.717, 1.165) is 32.1 Å². The van der Waals surface area contributed by atoms with Gasteiger partial charge in [-0.2, -0.15) is 0 Å². The third-order valence-corrected chi connectivity index (χ3v) is 6.03. The van der Waals surface area contributed by atoms with Gasteiger partial charge in [0.1, 0.15) is 5.78 Å². The van der Waals surface area contributed by atoms with Crippen molar-refractivity contribution in [2.24, 2.45) is 23.7 Å². The van der Waals surface area contributed by atoms with E-state index in [1.807, 2.05) is 0 Å². The van der Waals surface area contributed by atoms with Gasteiger partial charge >= 0.3 is 0 Å². The molecule has 0 aromatic rings. The Morgan fingerprint density at radius 2 is 1.38 bits per heavy atom. The van der Waals surface area contributed by atoms with Gasteiger partial charge in [0.25, 0.3) is 0 Å². The normalized spacial score (nSPS) is 39.3. The molecular formula is C17H21NO3. The van der Waals surface area contributed by atoms with Crippen molar-refractivity contribution in [1.29, 1.82) is 0 Å². The Kier molecular flexibility index (Phi) is 3.02. The minimum atomic E-state index is -0.203. The lowest BCUT2D eigenvalue weighted by Crippen LogP contribution is -2.39. The zero-order valence-electron chi connectivity index (χ0n) is 12.2. The zero-order chi connectivity index (χ0) is 14.6. The van der Waals surface area contributed by atoms with Gasteiger partial charge in [-0.25, -0.2) is 0 Å². The number of allylic oxidation sites excluding steroid dienone is 2. The molecule has 4 aliphatic rings. The maximum absolute atomic E-state index is 12.3. The monoisotopic (exact) mass is 287 g/mol. The summed E-state index contributed by atoms with van der Waals surface area (Å²) in [4.78, 5) is 36.4. The third kappa shape index (κ3) is 1.91. The largest absolute Gasteiger partial charge is 0.300 e. The van der Waals surface area contributed by atoms with Crippen LogP contribution in [0, 0.1) is 23.7 Å². The van der Waals surface area contributed by atoms with Crippen LogP contribution < -0.4 is 5.32 Å². The molecular weight excluding hydrogens is 266 g/mol. The maximum atomic E-state index is 12.3. The summed E-state index contributed by atoms with van der Waals surface area (Å²) in [6, 6.07) is 0. The van der Waals surface area contributed by atoms with Crippen molar-refractivity contribution in [1.82, 2.24) is 5.32 Å². The second-order valence-electron chi connectivity index (χ2n) is 6.99. The molecule has 4 nitrogen and oxygen atoms in total. The van der Waals surface area contributed by atoms with Gasteiger partial charge in [0.2, 0.25) is 11.8 Å². The van der Waals surface area contributed by atoms with Crippen LogP contribution in [-0.2, 0) is 14.4 Å². The number of amides is 2. The average molecular weight is 287 g/mol. The van der Waals surface area contributed by atoms with E-state index < -0.39 is 0 Å². The van der Waals surface area contributed by atoms with Crippen LogP contribution in [-0.4, -0.2) is 17.6 Å². The second-order valence-corrected chi connectivity index (χ2v) is 6.99. The Hall–Kier alpha value is -1.45. The van der Waals surface area contributed by atoms with Gasteiger partial charge in [-0.05, 0) is 43.9 Å². The van der Waals surface area contributed by atoms with Gasteiger partial charge in [-0.15, -0.1) is 0 Å². The van der Waals surface area contributed by atoms with Crippen molar-refractivity contribution in [3.05, 3.63) is 11.1 Å². The highest BCUT2D eigenvalue weighted by Gasteiger charge is 2.54. The molecule has 0 spiro atoms. The minimum absolute atomic E-state index is 0.0657. The van der Waals surface area contributed by atoms with Crippen LogP contribution in [0.1, 0.15) is 51.4 Å². The first-order valence-electron chi connectivity index (χ1n) is 8.25. The van der Waals surface area contributed by atoms with E-state index in [1.165, 1.54) is 17.6 Å². The third-order valence-electron chi connectivity index (χ3n) is 6.03. The molecule has 1 saturated heterocycles. The first-order valence-corrected chi connectivity index (χ1v) is 8.25. The average Bonchev–Trinajstić information content (AvgIpc) is 2.66. The van der Waals surface area contributed by atoms with Crippen LogP contribution in [0.2, 0.25) is 0 Å². The highest BCUT2D eigenvalue weighted by molar-refractivity contribution is 6.06. The Labute approximate surface area is 124 Å². The molecule has 112 valence electrons. The molecule has 3 fully saturated rings. The summed E-state index contributed by atoms with van der Waals surface area (Å²) in [5.74, 6) is 0.188. The van der Waals surface area contributed by atoms with Crippen LogP contribution in [0.25, 0.3) is 0 Å². The van der Waals surface area contributed by atoms with E-state index in [9.17, 15) is 14.4 Å². The molecule has 0 aromatic heterocycles. The molecule has 4 rings (SSSR count). The minimum Gasteiger partial charge on any atom is -0.300 e. The van der Waals surface area contributed by atoms with Crippen LogP contribution in [0.15, 0.2) is 11.1 Å². The van der Waals surface area contributed by atoms with E-state index in [-0.39, 0.29) is 35.5 Å². The van der Waals surface area contributed by atoms with E-state index in [4.69, 9.17) is 0 Å². The molecule has 1 aliphatic heterocycles. The molecule has 3 aliphatic carbocycles. The van der Waals surface area contributed by atoms with Crippen LogP contribution in [0.5, 0.6) is 0 Å². The number of Topliss-reactive ketones (excluding diaryl/α,β-unsaturated/α-hetero) is 1. The van der Waals surface area contributed by atoms with Gasteiger partial charge in [0.15, 0.2) is 0 Å². The first kappa shape index (κ1) is 13.2. The summed E-state index contributed by atoms with van der Waals surface area (Å²) in [6.45, 7) is 0. The number of carbonyl (C=O) groups is 3. The molecule has 0 bridgehead atoms. The topological polar surface area (TPSA) is 63.2 Å². The number of carbonyl (C=O) groups excluding carboxylic acids is 3. The fraction of sp³-hybridized carbons (Fsp3) is 0.706. The summed E-state index contributed by atoms with van der Waals surface area (Å²) in [7, 11) is 0. The van der Waals surface area contributed by atoms with Crippen molar-refractivity contribution in [3.8, 4) is 0 Å². The molecule has 0 aromatic carbocycles. The number of fused-ring (bicyclic) bond motifs is 5. The summed E-state index contributed by atoms with van der Waals surface area (Å²) < 4.78 is 0. The van der Waals surface area contributed by atoms with Gasteiger partial charge < -0.3 is 0 Å². The van der Waals surface area contributed by atoms with E-state index in [1.54, 1.807) is 0 Å². The van der Waals surface area contributed by atoms with Gasteiger partial charge in [0.05, 0.1) is 11.8 Å². The highest BCUT2D eigenvalue weighted by Crippen LogP contribution is 2.53. The van der Waals surface area contributed by atoms with Gasteiger partial charge in [-0.3, -0.25) is 19.7 Å². The highest BCUT2D eigenvalue weighted by atomic mass is 16.2. The number of nitrogens with one attached hydrogen (secondary N) is 1. The van der Waals surface area contributed by atoms with Gasteiger partial charge in [-0.1, -0.05) is 17.6 Å². The quantitative estimate of drug-likeness (QED) is 0.548. The molecule has 0 unspecified atom stereocenters. The van der Waals surface area contributed by atoms with Crippen molar-refractivity contribution < 1.29 is 14.4 Å². The Morgan fingerprint density at radius 1 is 0.714 bits per heavy atom. The van der Waals surface area contributed by atoms with Crippen LogP contribution in [0.3, 0.4) is 0 Å². The number of hydrogen-bond acceptors (Lipinski definition) is 3. The summed E-state index contributed by atoms with van der Waals surface area (Å²) in [5, 5.41) is 2.57. The Bertz CT molecular complexity index is 562. The maximum Gasteiger partial charge on any atom is 0.231 e. The fourth-order valence-corrected chi connectivity index (χ4v) is 5.18. The van der Waals surface area contributed by atoms with Crippen molar-refractivity contribution in [3.63, 3.8) is 0 Å². The molecule has 4 heteroatoms. The molecule has 1 heterocycles. The van der Waals surface area contributed by atoms with Crippen molar-refractivity contribution in [2.45, 2.75) is 51.4 Å². The predicted octanol–water partition coefficient (Wildman–Crippen LogP) is 2.13. The number of rotatable bonds is 0. The lowest BCUT2D eigenvalue weighted by Gasteiger charge is -2.42. The van der Waals surface area contributed by atoms with E-state index >= 15 is 0 Å². The lowest BCUT2D eigenvalue weighted by atomic mass is 9.60. The zero-order valence-corrected chi connectivity index (χ0v) is 12.2. The van der Waals surface area contributed by atoms with Crippen molar-refractivity contribution >= 4 is 17.6 Å². The molecule has 0 radical (unpaired) electrons. The second kappa shape index (κ2) is 4.79. The molecule has 1 N–H and O–H groups in total. The smallest absolute Gasteiger partial charge is 0.231 e. The SMILES string of the molecule is O=C1CCC2=C3CCCC[C@H]3[C@H]3C(=O)NC(=O)[C@H]3[C@H]2CC1. The summed E-state index contributed by atoms with van der Waals surface area (Å²) >= 11 is 0. The molecule has 2 amide bonds. The standard InChI is InChI=1S/C17H21NO3/c19-9-5-7-11-10-3-1-2-4-12(10)14-15(13(11)8-6-9)17(21)18-16(14)20/h12-15H,1-8H2,(H,18,20,21)/t12-,13+,14-,15+/m1/s1. The predicted molar refractivity (Wildman–Crippen MR) is 76.1 cm³/mol. The van der Waals surface area contributed by atoms with Crippen LogP contribution >= 0.6 is 0 Å². The van der Waals surface area contributed by atoms with E-state index in [2.05, 4.69) is 5.32 Å².